The van der Waals surface area contributed by atoms with Crippen molar-refractivity contribution in [1.82, 2.24) is 0 Å². The SMILES string of the molecule is CCOc1cccc(N2CCc3c(cccc3NS(C)(=O)=O)C2)c1[N+](=O)[O-]. The van der Waals surface area contributed by atoms with E-state index in [1.807, 2.05) is 11.0 Å². The summed E-state index contributed by atoms with van der Waals surface area (Å²) in [6.45, 7) is 3.11. The van der Waals surface area contributed by atoms with Crippen LogP contribution in [-0.2, 0) is 23.0 Å². The van der Waals surface area contributed by atoms with Gasteiger partial charge in [-0.1, -0.05) is 18.2 Å². The molecule has 3 rings (SSSR count). The van der Waals surface area contributed by atoms with Crippen LogP contribution in [0.25, 0.3) is 0 Å². The molecular formula is C18H21N3O5S. The Hall–Kier alpha value is -2.81. The smallest absolute Gasteiger partial charge is 0.333 e. The van der Waals surface area contributed by atoms with Crippen molar-refractivity contribution in [3.05, 3.63) is 57.6 Å². The van der Waals surface area contributed by atoms with Crippen LogP contribution in [-0.4, -0.2) is 32.7 Å². The number of para-hydroxylation sites is 1. The lowest BCUT2D eigenvalue weighted by Gasteiger charge is -2.31. The molecule has 0 unspecified atom stereocenters. The topological polar surface area (TPSA) is 102 Å². The van der Waals surface area contributed by atoms with E-state index in [1.54, 1.807) is 37.3 Å². The van der Waals surface area contributed by atoms with Crippen molar-refractivity contribution < 1.29 is 18.1 Å². The van der Waals surface area contributed by atoms with Gasteiger partial charge in [-0.15, -0.1) is 0 Å². The monoisotopic (exact) mass is 391 g/mol. The average molecular weight is 391 g/mol. The zero-order valence-electron chi connectivity index (χ0n) is 15.1. The molecule has 1 N–H and O–H groups in total. The predicted octanol–water partition coefficient (Wildman–Crippen LogP) is 2.93. The third-order valence-corrected chi connectivity index (χ3v) is 4.95. The summed E-state index contributed by atoms with van der Waals surface area (Å²) in [4.78, 5) is 13.1. The number of ether oxygens (including phenoxy) is 1. The molecule has 0 amide bonds. The van der Waals surface area contributed by atoms with Crippen molar-refractivity contribution in [1.29, 1.82) is 0 Å². The Bertz CT molecular complexity index is 975. The molecule has 144 valence electrons. The molecule has 9 heteroatoms. The predicted molar refractivity (Wildman–Crippen MR) is 104 cm³/mol. The standard InChI is InChI=1S/C18H21N3O5S/c1-3-26-17-9-5-8-16(18(17)21(22)23)20-11-10-14-13(12-20)6-4-7-15(14)19-27(2,24)25/h4-9,19H,3,10-12H2,1-2H3. The second-order valence-electron chi connectivity index (χ2n) is 6.30. The van der Waals surface area contributed by atoms with Crippen LogP contribution in [0.4, 0.5) is 17.1 Å². The van der Waals surface area contributed by atoms with Gasteiger partial charge in [-0.3, -0.25) is 14.8 Å². The highest BCUT2D eigenvalue weighted by Crippen LogP contribution is 2.39. The Labute approximate surface area is 158 Å². The number of nitro benzene ring substituents is 1. The summed E-state index contributed by atoms with van der Waals surface area (Å²) in [6, 6.07) is 10.5. The molecule has 8 nitrogen and oxygen atoms in total. The van der Waals surface area contributed by atoms with Gasteiger partial charge < -0.3 is 9.64 Å². The Kier molecular flexibility index (Phi) is 5.22. The van der Waals surface area contributed by atoms with Crippen LogP contribution in [0.1, 0.15) is 18.1 Å². The number of nitrogens with zero attached hydrogens (tertiary/aromatic N) is 2. The van der Waals surface area contributed by atoms with Gasteiger partial charge in [0.2, 0.25) is 10.0 Å². The first kappa shape index (κ1) is 19.0. The second kappa shape index (κ2) is 7.43. The molecule has 0 fully saturated rings. The summed E-state index contributed by atoms with van der Waals surface area (Å²) in [6.07, 6.45) is 1.69. The third-order valence-electron chi connectivity index (χ3n) is 4.36. The number of fused-ring (bicyclic) bond motifs is 1. The van der Waals surface area contributed by atoms with E-state index in [-0.39, 0.29) is 11.4 Å². The molecule has 0 saturated carbocycles. The van der Waals surface area contributed by atoms with Crippen molar-refractivity contribution in [2.45, 2.75) is 19.9 Å². The molecule has 0 aliphatic carbocycles. The second-order valence-corrected chi connectivity index (χ2v) is 8.05. The number of rotatable bonds is 6. The van der Waals surface area contributed by atoms with E-state index in [4.69, 9.17) is 4.74 Å². The number of nitro groups is 1. The summed E-state index contributed by atoms with van der Waals surface area (Å²) >= 11 is 0. The minimum Gasteiger partial charge on any atom is -0.487 e. The fourth-order valence-electron chi connectivity index (χ4n) is 3.33. The van der Waals surface area contributed by atoms with E-state index < -0.39 is 14.9 Å². The van der Waals surface area contributed by atoms with E-state index in [9.17, 15) is 18.5 Å². The number of anilines is 2. The van der Waals surface area contributed by atoms with Crippen LogP contribution in [0.15, 0.2) is 36.4 Å². The first-order valence-corrected chi connectivity index (χ1v) is 10.4. The molecular weight excluding hydrogens is 370 g/mol. The Morgan fingerprint density at radius 1 is 1.26 bits per heavy atom. The molecule has 2 aromatic rings. The lowest BCUT2D eigenvalue weighted by atomic mass is 9.97. The summed E-state index contributed by atoms with van der Waals surface area (Å²) in [5.41, 5.74) is 2.87. The number of nitrogens with one attached hydrogen (secondary N) is 1. The molecule has 0 bridgehead atoms. The van der Waals surface area contributed by atoms with Gasteiger partial charge in [-0.05, 0) is 42.7 Å². The van der Waals surface area contributed by atoms with E-state index in [2.05, 4.69) is 4.72 Å². The Morgan fingerprint density at radius 2 is 2.00 bits per heavy atom. The van der Waals surface area contributed by atoms with Gasteiger partial charge in [0, 0.05) is 13.1 Å². The van der Waals surface area contributed by atoms with Gasteiger partial charge in [-0.25, -0.2) is 8.42 Å². The maximum atomic E-state index is 11.6. The van der Waals surface area contributed by atoms with E-state index >= 15 is 0 Å². The van der Waals surface area contributed by atoms with Crippen LogP contribution in [0.5, 0.6) is 5.75 Å². The third kappa shape index (κ3) is 4.13. The van der Waals surface area contributed by atoms with Gasteiger partial charge in [-0.2, -0.15) is 0 Å². The molecule has 0 saturated heterocycles. The minimum atomic E-state index is -3.38. The molecule has 0 aromatic heterocycles. The van der Waals surface area contributed by atoms with Crippen molar-refractivity contribution in [3.63, 3.8) is 0 Å². The first-order chi connectivity index (χ1) is 12.8. The highest BCUT2D eigenvalue weighted by molar-refractivity contribution is 7.92. The summed E-state index contributed by atoms with van der Waals surface area (Å²) in [5, 5.41) is 11.6. The van der Waals surface area contributed by atoms with E-state index in [0.717, 1.165) is 17.4 Å². The number of benzene rings is 2. The maximum Gasteiger partial charge on any atom is 0.333 e. The van der Waals surface area contributed by atoms with E-state index in [1.165, 1.54) is 0 Å². The van der Waals surface area contributed by atoms with Gasteiger partial charge in [0.05, 0.1) is 23.5 Å². The van der Waals surface area contributed by atoms with Gasteiger partial charge in [0.1, 0.15) is 5.69 Å². The van der Waals surface area contributed by atoms with Crippen LogP contribution >= 0.6 is 0 Å². The molecule has 0 radical (unpaired) electrons. The Morgan fingerprint density at radius 3 is 2.67 bits per heavy atom. The molecule has 1 aliphatic rings. The number of sulfonamides is 1. The summed E-state index contributed by atoms with van der Waals surface area (Å²) in [5.74, 6) is 0.248. The zero-order valence-corrected chi connectivity index (χ0v) is 16.0. The molecule has 27 heavy (non-hydrogen) atoms. The van der Waals surface area contributed by atoms with Crippen molar-refractivity contribution in [3.8, 4) is 5.75 Å². The average Bonchev–Trinajstić information content (AvgIpc) is 2.60. The molecule has 1 aliphatic heterocycles. The minimum absolute atomic E-state index is 0.0479. The van der Waals surface area contributed by atoms with Gasteiger partial charge >= 0.3 is 5.69 Å². The zero-order chi connectivity index (χ0) is 19.6. The quantitative estimate of drug-likeness (QED) is 0.600. The normalized spacial score (nSPS) is 13.8. The Balaban J connectivity index is 1.97. The highest BCUT2D eigenvalue weighted by atomic mass is 32.2. The van der Waals surface area contributed by atoms with Crippen LogP contribution in [0.3, 0.4) is 0 Å². The maximum absolute atomic E-state index is 11.6. The lowest BCUT2D eigenvalue weighted by Crippen LogP contribution is -2.31. The largest absolute Gasteiger partial charge is 0.487 e. The van der Waals surface area contributed by atoms with Gasteiger partial charge in [0.25, 0.3) is 0 Å². The fourth-order valence-corrected chi connectivity index (χ4v) is 3.92. The number of hydrogen-bond acceptors (Lipinski definition) is 6. The van der Waals surface area contributed by atoms with Crippen LogP contribution < -0.4 is 14.4 Å². The van der Waals surface area contributed by atoms with Crippen molar-refractivity contribution in [2.75, 3.05) is 29.0 Å². The van der Waals surface area contributed by atoms with Crippen molar-refractivity contribution >= 4 is 27.1 Å². The van der Waals surface area contributed by atoms with Crippen LogP contribution in [0.2, 0.25) is 0 Å². The highest BCUT2D eigenvalue weighted by Gasteiger charge is 2.28. The number of hydrogen-bond donors (Lipinski definition) is 1. The van der Waals surface area contributed by atoms with Crippen LogP contribution in [0, 0.1) is 10.1 Å². The van der Waals surface area contributed by atoms with Gasteiger partial charge in [0.15, 0.2) is 5.75 Å². The lowest BCUT2D eigenvalue weighted by molar-refractivity contribution is -0.385. The fraction of sp³-hybridized carbons (Fsp3) is 0.333. The summed E-state index contributed by atoms with van der Waals surface area (Å²) in [7, 11) is -3.38. The summed E-state index contributed by atoms with van der Waals surface area (Å²) < 4.78 is 31.1. The molecule has 0 spiro atoms. The molecule has 1 heterocycles. The first-order valence-electron chi connectivity index (χ1n) is 8.54. The molecule has 0 atom stereocenters. The molecule has 2 aromatic carbocycles. The van der Waals surface area contributed by atoms with E-state index in [0.29, 0.717) is 37.5 Å². The van der Waals surface area contributed by atoms with Crippen molar-refractivity contribution in [2.24, 2.45) is 0 Å².